The van der Waals surface area contributed by atoms with E-state index >= 15 is 0 Å². The van der Waals surface area contributed by atoms with Gasteiger partial charge in [0.25, 0.3) is 54.0 Å². The second-order valence-electron chi connectivity index (χ2n) is 22.5. The molecule has 89 heavy (non-hydrogen) atoms. The molecular formula is C61H70N8O16S4. The van der Waals surface area contributed by atoms with Crippen molar-refractivity contribution in [2.45, 2.75) is 78.1 Å². The minimum absolute atomic E-state index is 0.0135. The van der Waals surface area contributed by atoms with Crippen LogP contribution in [0.1, 0.15) is 120 Å². The summed E-state index contributed by atoms with van der Waals surface area (Å²) in [5.74, 6) is -5.85. The van der Waals surface area contributed by atoms with Crippen molar-refractivity contribution in [3.8, 4) is 22.3 Å². The average Bonchev–Trinajstić information content (AvgIpc) is 1.59. The lowest BCUT2D eigenvalue weighted by molar-refractivity contribution is -0.437. The van der Waals surface area contributed by atoms with E-state index in [1.165, 1.54) is 12.1 Å². The number of carbonyl (C=O) groups is 4. The highest BCUT2D eigenvalue weighted by atomic mass is 32.2. The van der Waals surface area contributed by atoms with Gasteiger partial charge in [-0.15, -0.1) is 0 Å². The Balaban J connectivity index is 1.22. The first-order valence-electron chi connectivity index (χ1n) is 28.7. The van der Waals surface area contributed by atoms with E-state index < -0.39 is 111 Å². The van der Waals surface area contributed by atoms with Gasteiger partial charge >= 0.3 is 0 Å². The molecule has 0 radical (unpaired) electrons. The Morgan fingerprint density at radius 3 is 1.53 bits per heavy atom. The van der Waals surface area contributed by atoms with Crippen LogP contribution in [0.4, 0.5) is 11.4 Å². The second-order valence-corrected chi connectivity index (χ2v) is 28.6. The van der Waals surface area contributed by atoms with Crippen molar-refractivity contribution in [3.05, 3.63) is 143 Å². The molecule has 1 unspecified atom stereocenters. The summed E-state index contributed by atoms with van der Waals surface area (Å²) in [4.78, 5) is 63.6. The summed E-state index contributed by atoms with van der Waals surface area (Å²) < 4.78 is 139. The number of allylic oxidation sites excluding steroid dienone is 4. The monoisotopic (exact) mass is 1300 g/mol. The predicted molar refractivity (Wildman–Crippen MR) is 338 cm³/mol. The molecule has 0 saturated heterocycles. The van der Waals surface area contributed by atoms with E-state index in [1.807, 2.05) is 36.4 Å². The van der Waals surface area contributed by atoms with Gasteiger partial charge in [-0.1, -0.05) is 70.0 Å². The first-order chi connectivity index (χ1) is 41.8. The molecule has 474 valence electrons. The highest BCUT2D eigenvalue weighted by Crippen LogP contribution is 2.52. The molecule has 0 saturated carbocycles. The molecule has 2 aliphatic rings. The third-order valence-electron chi connectivity index (χ3n) is 15.5. The molecule has 0 aliphatic carbocycles. The van der Waals surface area contributed by atoms with E-state index in [2.05, 4.69) is 56.9 Å². The molecule has 28 heteroatoms. The molecule has 4 heterocycles. The van der Waals surface area contributed by atoms with Crippen molar-refractivity contribution in [1.82, 2.24) is 31.2 Å². The number of nitrogens with zero attached hydrogens (tertiary/aromatic N) is 4. The summed E-state index contributed by atoms with van der Waals surface area (Å²) in [6.07, 6.45) is 7.95. The highest BCUT2D eigenvalue weighted by molar-refractivity contribution is 7.86. The SMILES string of the molecule is CCCCCN1/C(=C/C=C/C2=[N+](CCCS(=O)(=O)[O-])c3ccc4cc(-c5cc(C(=O)NCC)nc(C(=O)NCC)c5)ccc4c3C2(C)CS(=O)(=O)O)C(C)(C)c2c1ccc1cc(-c3cc(C(=O)NCCS(=O)(=O)O)nc(C(=O)NCCS(=O)(=O)O)c3)ccc21. The van der Waals surface area contributed by atoms with Gasteiger partial charge in [-0.3, -0.25) is 32.8 Å². The lowest BCUT2D eigenvalue weighted by atomic mass is 9.78. The van der Waals surface area contributed by atoms with Crippen LogP contribution in [-0.4, -0.2) is 158 Å². The van der Waals surface area contributed by atoms with Crippen LogP contribution in [0.3, 0.4) is 0 Å². The van der Waals surface area contributed by atoms with Gasteiger partial charge in [0.05, 0.1) is 27.4 Å². The van der Waals surface area contributed by atoms with Gasteiger partial charge in [0, 0.05) is 79.4 Å². The topological polar surface area (TPSA) is 369 Å². The number of carbonyl (C=O) groups excluding carboxylic acids is 4. The minimum Gasteiger partial charge on any atom is -0.748 e. The Labute approximate surface area is 517 Å². The summed E-state index contributed by atoms with van der Waals surface area (Å²) in [6, 6.07) is 24.3. The number of pyridine rings is 2. The third kappa shape index (κ3) is 15.8. The quantitative estimate of drug-likeness (QED) is 0.0174. The summed E-state index contributed by atoms with van der Waals surface area (Å²) in [5.41, 5.74) is 3.19. The van der Waals surface area contributed by atoms with Crippen LogP contribution >= 0.6 is 0 Å². The minimum atomic E-state index is -4.78. The zero-order valence-corrected chi connectivity index (χ0v) is 53.1. The van der Waals surface area contributed by atoms with Gasteiger partial charge in [-0.05, 0) is 131 Å². The molecule has 6 aromatic rings. The maximum Gasteiger partial charge on any atom is 0.269 e. The molecule has 2 aliphatic heterocycles. The second kappa shape index (κ2) is 26.7. The van der Waals surface area contributed by atoms with Crippen molar-refractivity contribution in [2.24, 2.45) is 0 Å². The molecule has 0 fully saturated rings. The number of amides is 4. The first kappa shape index (κ1) is 67.1. The molecule has 0 spiro atoms. The fourth-order valence-electron chi connectivity index (χ4n) is 11.7. The Kier molecular flexibility index (Phi) is 20.1. The van der Waals surface area contributed by atoms with E-state index in [1.54, 1.807) is 80.0 Å². The van der Waals surface area contributed by atoms with Crippen LogP contribution in [0.2, 0.25) is 0 Å². The van der Waals surface area contributed by atoms with Gasteiger partial charge in [0.1, 0.15) is 34.7 Å². The van der Waals surface area contributed by atoms with E-state index in [4.69, 9.17) is 0 Å². The number of benzene rings is 4. The largest absolute Gasteiger partial charge is 0.748 e. The van der Waals surface area contributed by atoms with Gasteiger partial charge in [-0.25, -0.2) is 18.4 Å². The number of hydrogen-bond donors (Lipinski definition) is 7. The summed E-state index contributed by atoms with van der Waals surface area (Å²) >= 11 is 0. The maximum atomic E-state index is 13.4. The summed E-state index contributed by atoms with van der Waals surface area (Å²) in [7, 11) is -18.4. The van der Waals surface area contributed by atoms with Crippen molar-refractivity contribution >= 4 is 103 Å². The number of fused-ring (bicyclic) bond motifs is 6. The number of anilines is 1. The van der Waals surface area contributed by atoms with Crippen LogP contribution in [0.5, 0.6) is 0 Å². The normalized spacial score (nSPS) is 16.3. The third-order valence-corrected chi connectivity index (χ3v) is 18.7. The molecule has 24 nitrogen and oxygen atoms in total. The number of nitrogens with one attached hydrogen (secondary N) is 4. The zero-order valence-electron chi connectivity index (χ0n) is 49.8. The maximum absolute atomic E-state index is 13.4. The summed E-state index contributed by atoms with van der Waals surface area (Å²) in [6.45, 7) is 11.6. The van der Waals surface area contributed by atoms with Crippen LogP contribution < -0.4 is 26.2 Å². The van der Waals surface area contributed by atoms with Crippen molar-refractivity contribution in [3.63, 3.8) is 0 Å². The first-order valence-corrected chi connectivity index (χ1v) is 35.1. The lowest BCUT2D eigenvalue weighted by Gasteiger charge is -2.27. The van der Waals surface area contributed by atoms with E-state index in [-0.39, 0.29) is 35.7 Å². The molecular weight excluding hydrogens is 1230 g/mol. The number of rotatable bonds is 26. The van der Waals surface area contributed by atoms with Crippen LogP contribution in [-0.2, 0) is 51.3 Å². The van der Waals surface area contributed by atoms with Gasteiger partial charge in [-0.2, -0.15) is 29.8 Å². The van der Waals surface area contributed by atoms with Crippen molar-refractivity contribution < 1.29 is 75.6 Å². The van der Waals surface area contributed by atoms with Gasteiger partial charge in [0.2, 0.25) is 5.69 Å². The van der Waals surface area contributed by atoms with E-state index in [9.17, 15) is 71.1 Å². The molecule has 4 amide bonds. The standard InChI is InChI=1S/C61H70N8O16S4/c1-7-10-11-26-68-50-22-18-40-31-38(43-35-48(58(72)64-24-29-87(77,78)79)67-49(36-43)59(73)65-25-30-88(80,81)82)16-20-44(40)54(50)60(4,5)52(68)14-12-15-53-61(6,37-89(83,84)85)55-45-21-17-39(32-41(45)19-23-51(55)69(53)27-13-28-86(74,75)76)42-33-46(56(70)62-8-2)66-47(34-42)57(71)63-9-3/h12,14-23,31-36H,7-11,13,24-30,37H2,1-6H3,(H7-,62,63,64,65,70,71,72,73,74,75,76,77,78,79,80,81,82,83,84,85). The Morgan fingerprint density at radius 1 is 0.584 bits per heavy atom. The van der Waals surface area contributed by atoms with Crippen molar-refractivity contribution in [2.75, 3.05) is 67.2 Å². The molecule has 4 aromatic carbocycles. The lowest BCUT2D eigenvalue weighted by Crippen LogP contribution is -2.38. The Bertz CT molecular complexity index is 4310. The fourth-order valence-corrected chi connectivity index (χ4v) is 13.9. The number of aromatic nitrogens is 2. The Morgan fingerprint density at radius 2 is 1.07 bits per heavy atom. The van der Waals surface area contributed by atoms with E-state index in [0.717, 1.165) is 47.0 Å². The summed E-state index contributed by atoms with van der Waals surface area (Å²) in [5, 5.41) is 12.9. The molecule has 2 aromatic heterocycles. The van der Waals surface area contributed by atoms with E-state index in [0.29, 0.717) is 69.6 Å². The molecule has 8 rings (SSSR count). The zero-order chi connectivity index (χ0) is 65.0. The van der Waals surface area contributed by atoms with Crippen LogP contribution in [0.25, 0.3) is 43.8 Å². The van der Waals surface area contributed by atoms with Crippen molar-refractivity contribution in [1.29, 1.82) is 0 Å². The molecule has 7 N–H and O–H groups in total. The smallest absolute Gasteiger partial charge is 0.269 e. The van der Waals surface area contributed by atoms with Crippen LogP contribution in [0.15, 0.2) is 109 Å². The number of hydrogen-bond acceptors (Lipinski definition) is 16. The fraction of sp³-hybridized carbons (Fsp3) is 0.361. The average molecular weight is 1300 g/mol. The molecule has 0 bridgehead atoms. The number of unbranched alkanes of at least 4 members (excludes halogenated alkanes) is 2. The Hall–Kier alpha value is -7.83. The molecule has 1 atom stereocenters. The van der Waals surface area contributed by atoms with Gasteiger partial charge < -0.3 is 30.7 Å². The van der Waals surface area contributed by atoms with Crippen LogP contribution in [0, 0.1) is 0 Å². The predicted octanol–water partition coefficient (Wildman–Crippen LogP) is 6.46. The highest BCUT2D eigenvalue weighted by Gasteiger charge is 2.51. The van der Waals surface area contributed by atoms with Gasteiger partial charge in [0.15, 0.2) is 5.71 Å².